The number of nitrogens with two attached hydrogens (primary N) is 1. The van der Waals surface area contributed by atoms with Gasteiger partial charge in [0.25, 0.3) is 0 Å². The Morgan fingerprint density at radius 2 is 1.70 bits per heavy atom. The molecule has 1 atom stereocenters. The highest BCUT2D eigenvalue weighted by Crippen LogP contribution is 2.40. The minimum Gasteiger partial charge on any atom is -0.445 e. The number of primary amides is 1. The number of amides is 2. The quantitative estimate of drug-likeness (QED) is 0.707. The van der Waals surface area contributed by atoms with Crippen molar-refractivity contribution in [2.75, 3.05) is 6.54 Å². The fourth-order valence-electron chi connectivity index (χ4n) is 4.48. The third kappa shape index (κ3) is 4.13. The Kier molecular flexibility index (Phi) is 6.01. The monoisotopic (exact) mass is 450 g/mol. The van der Waals surface area contributed by atoms with Gasteiger partial charge in [-0.05, 0) is 57.1 Å². The minimum absolute atomic E-state index is 0.124. The zero-order valence-corrected chi connectivity index (χ0v) is 19.7. The molecule has 2 saturated heterocycles. The molecule has 0 saturated carbocycles. The molecule has 2 aliphatic rings. The van der Waals surface area contributed by atoms with Crippen LogP contribution in [0.25, 0.3) is 0 Å². The number of rotatable bonds is 5. The molecule has 2 fully saturated rings. The molecule has 0 spiro atoms. The van der Waals surface area contributed by atoms with E-state index >= 15 is 0 Å². The van der Waals surface area contributed by atoms with Gasteiger partial charge in [-0.2, -0.15) is 0 Å². The van der Waals surface area contributed by atoms with Crippen LogP contribution in [0.2, 0.25) is 0 Å². The molecule has 0 aromatic heterocycles. The third-order valence-corrected chi connectivity index (χ3v) is 7.10. The van der Waals surface area contributed by atoms with Gasteiger partial charge in [0, 0.05) is 6.54 Å². The van der Waals surface area contributed by atoms with E-state index < -0.39 is 35.9 Å². The SMILES string of the molecule is CC1(C)OB(c2cccc(C3(C(N)=O)CCCN3C(=O)OCc3ccccc3)c2)OC1(C)C. The summed E-state index contributed by atoms with van der Waals surface area (Å²) in [5, 5.41) is 0. The molecular weight excluding hydrogens is 419 g/mol. The first kappa shape index (κ1) is 23.3. The van der Waals surface area contributed by atoms with Crippen molar-refractivity contribution in [1.82, 2.24) is 4.90 Å². The molecule has 33 heavy (non-hydrogen) atoms. The maximum atomic E-state index is 13.1. The van der Waals surface area contributed by atoms with Crippen LogP contribution in [0.4, 0.5) is 4.79 Å². The molecule has 2 aromatic rings. The Balaban J connectivity index is 1.61. The number of hydrogen-bond donors (Lipinski definition) is 1. The fourth-order valence-corrected chi connectivity index (χ4v) is 4.48. The maximum Gasteiger partial charge on any atom is 0.494 e. The third-order valence-electron chi connectivity index (χ3n) is 7.10. The lowest BCUT2D eigenvalue weighted by Crippen LogP contribution is -2.54. The van der Waals surface area contributed by atoms with Crippen molar-refractivity contribution in [2.24, 2.45) is 5.73 Å². The molecule has 2 aromatic carbocycles. The molecular formula is C25H31BN2O5. The topological polar surface area (TPSA) is 91.1 Å². The summed E-state index contributed by atoms with van der Waals surface area (Å²) >= 11 is 0. The summed E-state index contributed by atoms with van der Waals surface area (Å²) in [7, 11) is -0.584. The highest BCUT2D eigenvalue weighted by Gasteiger charge is 2.53. The van der Waals surface area contributed by atoms with Gasteiger partial charge in [0.1, 0.15) is 12.1 Å². The van der Waals surface area contributed by atoms with Crippen molar-refractivity contribution in [3.05, 3.63) is 65.7 Å². The lowest BCUT2D eigenvalue weighted by molar-refractivity contribution is -0.128. The van der Waals surface area contributed by atoms with Gasteiger partial charge >= 0.3 is 13.2 Å². The Bertz CT molecular complexity index is 1030. The normalized spacial score (nSPS) is 23.5. The van der Waals surface area contributed by atoms with Gasteiger partial charge in [-0.3, -0.25) is 9.69 Å². The molecule has 0 radical (unpaired) electrons. The second kappa shape index (κ2) is 8.50. The molecule has 2 aliphatic heterocycles. The lowest BCUT2D eigenvalue weighted by Gasteiger charge is -2.35. The van der Waals surface area contributed by atoms with Crippen LogP contribution in [-0.4, -0.2) is 41.8 Å². The van der Waals surface area contributed by atoms with Gasteiger partial charge < -0.3 is 19.8 Å². The Morgan fingerprint density at radius 1 is 1.03 bits per heavy atom. The standard InChI is InChI=1S/C25H31BN2O5/c1-23(2)24(3,4)33-26(32-23)20-13-8-12-19(16-20)25(21(27)29)14-9-15-28(25)22(30)31-17-18-10-6-5-7-11-18/h5-8,10-13,16H,9,14-15,17H2,1-4H3,(H2,27,29). The molecule has 0 bridgehead atoms. The number of hydrogen-bond acceptors (Lipinski definition) is 5. The van der Waals surface area contributed by atoms with Crippen molar-refractivity contribution >= 4 is 24.6 Å². The van der Waals surface area contributed by atoms with Gasteiger partial charge in [-0.25, -0.2) is 4.79 Å². The molecule has 0 aliphatic carbocycles. The van der Waals surface area contributed by atoms with Gasteiger partial charge in [0.2, 0.25) is 5.91 Å². The largest absolute Gasteiger partial charge is 0.494 e. The number of carbonyl (C=O) groups excluding carboxylic acids is 2. The average Bonchev–Trinajstić information content (AvgIpc) is 3.32. The van der Waals surface area contributed by atoms with Crippen LogP contribution in [0, 0.1) is 0 Å². The molecule has 2 amide bonds. The van der Waals surface area contributed by atoms with Crippen LogP contribution < -0.4 is 11.2 Å². The van der Waals surface area contributed by atoms with E-state index in [4.69, 9.17) is 19.8 Å². The summed E-state index contributed by atoms with van der Waals surface area (Å²) in [6, 6.07) is 16.8. The average molecular weight is 450 g/mol. The zero-order valence-electron chi connectivity index (χ0n) is 19.7. The van der Waals surface area contributed by atoms with Crippen molar-refractivity contribution in [3.8, 4) is 0 Å². The van der Waals surface area contributed by atoms with Gasteiger partial charge in [0.15, 0.2) is 0 Å². The summed E-state index contributed by atoms with van der Waals surface area (Å²) in [6.07, 6.45) is 0.510. The van der Waals surface area contributed by atoms with Crippen molar-refractivity contribution < 1.29 is 23.6 Å². The fraction of sp³-hybridized carbons (Fsp3) is 0.440. The molecule has 1 unspecified atom stereocenters. The molecule has 4 rings (SSSR count). The number of carbonyl (C=O) groups is 2. The summed E-state index contributed by atoms with van der Waals surface area (Å²) in [6.45, 7) is 8.47. The van der Waals surface area contributed by atoms with Gasteiger partial charge in [-0.1, -0.05) is 54.6 Å². The minimum atomic E-state index is -1.28. The zero-order chi connectivity index (χ0) is 23.9. The molecule has 8 heteroatoms. The first-order valence-corrected chi connectivity index (χ1v) is 11.3. The van der Waals surface area contributed by atoms with Crippen LogP contribution in [0.5, 0.6) is 0 Å². The van der Waals surface area contributed by atoms with Crippen LogP contribution in [-0.2, 0) is 31.0 Å². The highest BCUT2D eigenvalue weighted by molar-refractivity contribution is 6.62. The van der Waals surface area contributed by atoms with Crippen LogP contribution in [0.1, 0.15) is 51.7 Å². The summed E-state index contributed by atoms with van der Waals surface area (Å²) < 4.78 is 17.9. The number of nitrogens with zero attached hydrogens (tertiary/aromatic N) is 1. The van der Waals surface area contributed by atoms with Crippen molar-refractivity contribution in [3.63, 3.8) is 0 Å². The second-order valence-electron chi connectivity index (χ2n) is 9.73. The number of likely N-dealkylation sites (tertiary alicyclic amines) is 1. The van der Waals surface area contributed by atoms with E-state index in [-0.39, 0.29) is 6.61 Å². The Hall–Kier alpha value is -2.84. The number of benzene rings is 2. The van der Waals surface area contributed by atoms with E-state index in [0.29, 0.717) is 24.9 Å². The van der Waals surface area contributed by atoms with E-state index in [1.165, 1.54) is 4.90 Å². The number of ether oxygens (including phenoxy) is 1. The first-order chi connectivity index (χ1) is 15.6. The second-order valence-corrected chi connectivity index (χ2v) is 9.73. The smallest absolute Gasteiger partial charge is 0.445 e. The van der Waals surface area contributed by atoms with Crippen molar-refractivity contribution in [1.29, 1.82) is 0 Å². The first-order valence-electron chi connectivity index (χ1n) is 11.3. The summed E-state index contributed by atoms with van der Waals surface area (Å²) in [5.41, 5.74) is 5.96. The molecule has 2 heterocycles. The van der Waals surface area contributed by atoms with Crippen LogP contribution >= 0.6 is 0 Å². The van der Waals surface area contributed by atoms with E-state index in [9.17, 15) is 9.59 Å². The molecule has 174 valence electrons. The van der Waals surface area contributed by atoms with Crippen LogP contribution in [0.15, 0.2) is 54.6 Å². The lowest BCUT2D eigenvalue weighted by atomic mass is 9.75. The van der Waals surface area contributed by atoms with E-state index in [1.807, 2.05) is 82.3 Å². The summed E-state index contributed by atoms with van der Waals surface area (Å²) in [5.74, 6) is -0.581. The predicted octanol–water partition coefficient (Wildman–Crippen LogP) is 3.10. The predicted molar refractivity (Wildman–Crippen MR) is 126 cm³/mol. The molecule has 2 N–H and O–H groups in total. The van der Waals surface area contributed by atoms with Crippen LogP contribution in [0.3, 0.4) is 0 Å². The van der Waals surface area contributed by atoms with Crippen molar-refractivity contribution in [2.45, 2.75) is 63.9 Å². The summed E-state index contributed by atoms with van der Waals surface area (Å²) in [4.78, 5) is 27.4. The van der Waals surface area contributed by atoms with E-state index in [0.717, 1.165) is 11.0 Å². The van der Waals surface area contributed by atoms with E-state index in [1.54, 1.807) is 0 Å². The van der Waals surface area contributed by atoms with Gasteiger partial charge in [-0.15, -0.1) is 0 Å². The Labute approximate surface area is 195 Å². The maximum absolute atomic E-state index is 13.1. The highest BCUT2D eigenvalue weighted by atomic mass is 16.7. The van der Waals surface area contributed by atoms with E-state index in [2.05, 4.69) is 0 Å². The molecule has 7 nitrogen and oxygen atoms in total. The Morgan fingerprint density at radius 3 is 2.33 bits per heavy atom. The van der Waals surface area contributed by atoms with Gasteiger partial charge in [0.05, 0.1) is 11.2 Å².